The molecule has 0 amide bonds. The van der Waals surface area contributed by atoms with Crippen molar-refractivity contribution in [2.45, 2.75) is 63.2 Å². The number of aryl methyl sites for hydroxylation is 1. The van der Waals surface area contributed by atoms with Crippen molar-refractivity contribution >= 4 is 0 Å². The molecule has 3 nitrogen and oxygen atoms in total. The minimum Gasteiger partial charge on any atom is -0.395 e. The predicted molar refractivity (Wildman–Crippen MR) is 67.1 cm³/mol. The van der Waals surface area contributed by atoms with Gasteiger partial charge in [-0.3, -0.25) is 0 Å². The Labute approximate surface area is 103 Å². The van der Waals surface area contributed by atoms with E-state index in [0.717, 1.165) is 18.7 Å². The number of aromatic amines is 1. The van der Waals surface area contributed by atoms with Gasteiger partial charge in [0.05, 0.1) is 17.7 Å². The number of H-pyrrole nitrogens is 1. The van der Waals surface area contributed by atoms with Gasteiger partial charge in [-0.25, -0.2) is 4.98 Å². The van der Waals surface area contributed by atoms with Crippen LogP contribution in [0.15, 0.2) is 0 Å². The van der Waals surface area contributed by atoms with E-state index in [9.17, 15) is 5.11 Å². The number of aliphatic hydroxyl groups excluding tert-OH is 1. The van der Waals surface area contributed by atoms with Gasteiger partial charge >= 0.3 is 0 Å². The van der Waals surface area contributed by atoms with Crippen molar-refractivity contribution in [1.29, 1.82) is 0 Å². The first-order valence-electron chi connectivity index (χ1n) is 6.93. The summed E-state index contributed by atoms with van der Waals surface area (Å²) in [5, 5.41) is 9.60. The standard InChI is InChI=1S/C14H22N2O/c1-10-12(11-5-2-3-6-11)16-13(15-10)14(9-17)7-4-8-14/h11,17H,2-9H2,1H3,(H,15,16). The lowest BCUT2D eigenvalue weighted by molar-refractivity contribution is 0.113. The molecule has 1 aromatic rings. The van der Waals surface area contributed by atoms with Crippen LogP contribution in [0, 0.1) is 6.92 Å². The fourth-order valence-corrected chi connectivity index (χ4v) is 3.40. The van der Waals surface area contributed by atoms with Crippen LogP contribution in [0.1, 0.15) is 68.1 Å². The van der Waals surface area contributed by atoms with Crippen molar-refractivity contribution in [1.82, 2.24) is 9.97 Å². The van der Waals surface area contributed by atoms with Crippen LogP contribution >= 0.6 is 0 Å². The maximum atomic E-state index is 9.60. The van der Waals surface area contributed by atoms with Crippen molar-refractivity contribution in [3.05, 3.63) is 17.2 Å². The summed E-state index contributed by atoms with van der Waals surface area (Å²) in [5.74, 6) is 1.71. The second-order valence-electron chi connectivity index (χ2n) is 5.87. The lowest BCUT2D eigenvalue weighted by Crippen LogP contribution is -2.39. The molecule has 2 saturated carbocycles. The molecule has 2 fully saturated rings. The summed E-state index contributed by atoms with van der Waals surface area (Å²) in [5.41, 5.74) is 2.46. The van der Waals surface area contributed by atoms with E-state index < -0.39 is 0 Å². The first kappa shape index (κ1) is 11.3. The van der Waals surface area contributed by atoms with E-state index in [0.29, 0.717) is 5.92 Å². The maximum Gasteiger partial charge on any atom is 0.115 e. The molecule has 0 aliphatic heterocycles. The Morgan fingerprint density at radius 1 is 1.29 bits per heavy atom. The monoisotopic (exact) mass is 234 g/mol. The van der Waals surface area contributed by atoms with Crippen molar-refractivity contribution in [2.24, 2.45) is 0 Å². The molecule has 1 aromatic heterocycles. The number of imidazole rings is 1. The number of rotatable bonds is 3. The molecule has 3 rings (SSSR count). The Balaban J connectivity index is 1.89. The SMILES string of the molecule is Cc1[nH]c(C2(CO)CCC2)nc1C1CCCC1. The zero-order chi connectivity index (χ0) is 11.9. The predicted octanol–water partition coefficient (Wildman–Crippen LogP) is 2.79. The summed E-state index contributed by atoms with van der Waals surface area (Å²) in [6, 6.07) is 0. The van der Waals surface area contributed by atoms with Gasteiger partial charge < -0.3 is 10.1 Å². The third-order valence-corrected chi connectivity index (χ3v) is 4.78. The molecule has 0 spiro atoms. The molecule has 2 N–H and O–H groups in total. The molecule has 0 unspecified atom stereocenters. The van der Waals surface area contributed by atoms with E-state index in [1.807, 2.05) is 0 Å². The molecule has 2 aliphatic rings. The van der Waals surface area contributed by atoms with E-state index in [1.54, 1.807) is 0 Å². The van der Waals surface area contributed by atoms with E-state index in [-0.39, 0.29) is 12.0 Å². The van der Waals surface area contributed by atoms with Crippen LogP contribution in [0.5, 0.6) is 0 Å². The van der Waals surface area contributed by atoms with Gasteiger partial charge in [-0.2, -0.15) is 0 Å². The Bertz CT molecular complexity index is 395. The second kappa shape index (κ2) is 4.13. The quantitative estimate of drug-likeness (QED) is 0.845. The minimum absolute atomic E-state index is 0.0401. The highest BCUT2D eigenvalue weighted by Crippen LogP contribution is 2.43. The van der Waals surface area contributed by atoms with Gasteiger partial charge in [0.1, 0.15) is 5.82 Å². The Morgan fingerprint density at radius 3 is 2.53 bits per heavy atom. The first-order valence-corrected chi connectivity index (χ1v) is 6.93. The summed E-state index contributed by atoms with van der Waals surface area (Å²) in [4.78, 5) is 8.29. The summed E-state index contributed by atoms with van der Waals surface area (Å²) in [6.45, 7) is 2.37. The number of hydrogen-bond acceptors (Lipinski definition) is 2. The van der Waals surface area contributed by atoms with Gasteiger partial charge in [0, 0.05) is 11.6 Å². The Hall–Kier alpha value is -0.830. The zero-order valence-electron chi connectivity index (χ0n) is 10.6. The fraction of sp³-hybridized carbons (Fsp3) is 0.786. The number of aliphatic hydroxyl groups is 1. The first-order chi connectivity index (χ1) is 8.25. The van der Waals surface area contributed by atoms with Gasteiger partial charge in [-0.05, 0) is 32.6 Å². The average molecular weight is 234 g/mol. The molecule has 1 heterocycles. The minimum atomic E-state index is -0.0401. The summed E-state index contributed by atoms with van der Waals surface area (Å²) >= 11 is 0. The van der Waals surface area contributed by atoms with Gasteiger partial charge in [0.15, 0.2) is 0 Å². The van der Waals surface area contributed by atoms with Crippen molar-refractivity contribution in [3.8, 4) is 0 Å². The van der Waals surface area contributed by atoms with E-state index in [4.69, 9.17) is 4.98 Å². The number of hydrogen-bond donors (Lipinski definition) is 2. The third-order valence-electron chi connectivity index (χ3n) is 4.78. The molecule has 17 heavy (non-hydrogen) atoms. The lowest BCUT2D eigenvalue weighted by atomic mass is 9.69. The number of aromatic nitrogens is 2. The highest BCUT2D eigenvalue weighted by atomic mass is 16.3. The van der Waals surface area contributed by atoms with Gasteiger partial charge in [-0.1, -0.05) is 19.3 Å². The van der Waals surface area contributed by atoms with E-state index in [1.165, 1.54) is 43.5 Å². The molecular formula is C14H22N2O. The summed E-state index contributed by atoms with van der Waals surface area (Å²) < 4.78 is 0. The molecule has 0 saturated heterocycles. The number of nitrogens with one attached hydrogen (secondary N) is 1. The summed E-state index contributed by atoms with van der Waals surface area (Å²) in [7, 11) is 0. The van der Waals surface area contributed by atoms with Crippen molar-refractivity contribution in [3.63, 3.8) is 0 Å². The smallest absolute Gasteiger partial charge is 0.115 e. The van der Waals surface area contributed by atoms with Crippen LogP contribution in [-0.4, -0.2) is 21.7 Å². The van der Waals surface area contributed by atoms with Crippen molar-refractivity contribution < 1.29 is 5.11 Å². The summed E-state index contributed by atoms with van der Waals surface area (Å²) in [6.07, 6.45) is 8.66. The molecule has 0 atom stereocenters. The van der Waals surface area contributed by atoms with Gasteiger partial charge in [0.2, 0.25) is 0 Å². The molecule has 3 heteroatoms. The number of nitrogens with zero attached hydrogens (tertiary/aromatic N) is 1. The largest absolute Gasteiger partial charge is 0.395 e. The second-order valence-corrected chi connectivity index (χ2v) is 5.87. The zero-order valence-corrected chi connectivity index (χ0v) is 10.6. The van der Waals surface area contributed by atoms with E-state index in [2.05, 4.69) is 11.9 Å². The van der Waals surface area contributed by atoms with Crippen LogP contribution in [-0.2, 0) is 5.41 Å². The normalized spacial score (nSPS) is 23.9. The topological polar surface area (TPSA) is 48.9 Å². The van der Waals surface area contributed by atoms with Crippen LogP contribution in [0.25, 0.3) is 0 Å². The molecule has 0 bridgehead atoms. The fourth-order valence-electron chi connectivity index (χ4n) is 3.40. The molecule has 2 aliphatic carbocycles. The van der Waals surface area contributed by atoms with Crippen LogP contribution in [0.4, 0.5) is 0 Å². The lowest BCUT2D eigenvalue weighted by Gasteiger charge is -2.38. The Morgan fingerprint density at radius 2 is 2.00 bits per heavy atom. The van der Waals surface area contributed by atoms with Gasteiger partial charge in [-0.15, -0.1) is 0 Å². The van der Waals surface area contributed by atoms with Crippen LogP contribution in [0.2, 0.25) is 0 Å². The Kier molecular flexibility index (Phi) is 2.74. The maximum absolute atomic E-state index is 9.60. The van der Waals surface area contributed by atoms with E-state index >= 15 is 0 Å². The molecule has 0 radical (unpaired) electrons. The van der Waals surface area contributed by atoms with Crippen LogP contribution in [0.3, 0.4) is 0 Å². The van der Waals surface area contributed by atoms with Gasteiger partial charge in [0.25, 0.3) is 0 Å². The third kappa shape index (κ3) is 1.71. The molecular weight excluding hydrogens is 212 g/mol. The highest BCUT2D eigenvalue weighted by molar-refractivity contribution is 5.24. The van der Waals surface area contributed by atoms with Crippen LogP contribution < -0.4 is 0 Å². The average Bonchev–Trinajstić information content (AvgIpc) is 2.86. The highest BCUT2D eigenvalue weighted by Gasteiger charge is 2.41. The molecule has 94 valence electrons. The molecule has 0 aromatic carbocycles. The van der Waals surface area contributed by atoms with Crippen molar-refractivity contribution in [2.75, 3.05) is 6.61 Å².